The number of hydrogen-bond donors (Lipinski definition) is 0. The minimum Gasteiger partial charge on any atom is -0.539 e. The maximum absolute atomic E-state index is 15.7. The smallest absolute Gasteiger partial charge is 0.254 e. The molecule has 1 saturated carbocycles. The molecule has 1 fully saturated rings. The molecule has 0 bridgehead atoms. The van der Waals surface area contributed by atoms with Crippen molar-refractivity contribution < 1.29 is 30.8 Å². The zero-order valence-corrected chi connectivity index (χ0v) is 23.3. The lowest BCUT2D eigenvalue weighted by Crippen LogP contribution is -2.56. The van der Waals surface area contributed by atoms with Crippen LogP contribution in [-0.4, -0.2) is 16.4 Å². The quantitative estimate of drug-likeness (QED) is 0.177. The second kappa shape index (κ2) is 10.9. The van der Waals surface area contributed by atoms with Crippen LogP contribution in [0.2, 0.25) is 34.9 Å². The fourth-order valence-corrected chi connectivity index (χ4v) is 21.6. The van der Waals surface area contributed by atoms with E-state index in [1.54, 1.807) is 0 Å². The fraction of sp³-hybridized carbons (Fsp3) is 0.615. The third kappa shape index (κ3) is 4.91. The van der Waals surface area contributed by atoms with Gasteiger partial charge in [-0.2, -0.15) is 4.39 Å². The topological polar surface area (TPSA) is 9.23 Å². The van der Waals surface area contributed by atoms with Crippen LogP contribution in [-0.2, 0) is 0 Å². The lowest BCUT2D eigenvalue weighted by Gasteiger charge is -2.48. The highest BCUT2D eigenvalue weighted by molar-refractivity contribution is 6.96. The largest absolute Gasteiger partial charge is 0.539 e. The minimum absolute atomic E-state index is 0.0329. The van der Waals surface area contributed by atoms with Gasteiger partial charge in [0, 0.05) is 6.07 Å². The Hall–Kier alpha value is -1.49. The predicted molar refractivity (Wildman–Crippen MR) is 134 cm³/mol. The molecule has 0 spiro atoms. The Balaban J connectivity index is 2.29. The Morgan fingerprint density at radius 2 is 1.34 bits per heavy atom. The molecule has 0 N–H and O–H groups in total. The molecular weight excluding hydrogens is 498 g/mol. The summed E-state index contributed by atoms with van der Waals surface area (Å²) in [6.45, 7) is 10.5. The van der Waals surface area contributed by atoms with E-state index in [1.807, 2.05) is 13.8 Å². The molecule has 0 saturated heterocycles. The first-order valence-electron chi connectivity index (χ1n) is 12.8. The van der Waals surface area contributed by atoms with E-state index in [-0.39, 0.29) is 17.1 Å². The molecule has 3 rings (SSSR count). The van der Waals surface area contributed by atoms with E-state index in [0.29, 0.717) is 0 Å². The molecule has 1 aliphatic carbocycles. The summed E-state index contributed by atoms with van der Waals surface area (Å²) in [6, 6.07) is 3.13. The summed E-state index contributed by atoms with van der Waals surface area (Å²) in [5, 5.41) is -2.48. The van der Waals surface area contributed by atoms with Crippen LogP contribution in [0.5, 0.6) is 5.75 Å². The van der Waals surface area contributed by atoms with Gasteiger partial charge in [-0.05, 0) is 29.6 Å². The van der Waals surface area contributed by atoms with E-state index in [1.165, 1.54) is 0 Å². The van der Waals surface area contributed by atoms with Crippen molar-refractivity contribution in [3.63, 3.8) is 0 Å². The molecule has 0 aliphatic heterocycles. The molecule has 0 aromatic heterocycles. The van der Waals surface area contributed by atoms with Gasteiger partial charge in [0.05, 0.1) is 18.8 Å². The molecule has 35 heavy (non-hydrogen) atoms. The monoisotopic (exact) mass is 534 g/mol. The Labute approximate surface area is 206 Å². The predicted octanol–water partition coefficient (Wildman–Crippen LogP) is 9.79. The average Bonchev–Trinajstić information content (AvgIpc) is 2.85. The first kappa shape index (κ1) is 28.1. The van der Waals surface area contributed by atoms with Gasteiger partial charge in [0.15, 0.2) is 29.0 Å². The number of rotatable bonds is 9. The molecule has 2 aromatic carbocycles. The van der Waals surface area contributed by atoms with Gasteiger partial charge in [-0.15, -0.1) is 0 Å². The molecule has 0 amide bonds. The molecule has 2 aromatic rings. The van der Waals surface area contributed by atoms with Crippen molar-refractivity contribution in [2.45, 2.75) is 102 Å². The van der Waals surface area contributed by atoms with Gasteiger partial charge in [0.1, 0.15) is 5.82 Å². The zero-order chi connectivity index (χ0) is 26.1. The molecular formula is C26H36F6OSi2. The summed E-state index contributed by atoms with van der Waals surface area (Å²) in [4.78, 5) is 0. The number of fused-ring (bicyclic) bond motifs is 1. The van der Waals surface area contributed by atoms with E-state index in [9.17, 15) is 13.2 Å². The first-order chi connectivity index (χ1) is 16.5. The molecule has 1 atom stereocenters. The van der Waals surface area contributed by atoms with Gasteiger partial charge in [0.2, 0.25) is 5.82 Å². The van der Waals surface area contributed by atoms with Crippen LogP contribution in [0.4, 0.5) is 26.3 Å². The summed E-state index contributed by atoms with van der Waals surface area (Å²) in [7, 11) is -4.87. The molecule has 9 heteroatoms. The fourth-order valence-electron chi connectivity index (χ4n) is 6.07. The summed E-state index contributed by atoms with van der Waals surface area (Å²) in [5.41, 5.74) is 0.861. The van der Waals surface area contributed by atoms with Crippen molar-refractivity contribution >= 4 is 27.2 Å². The highest BCUT2D eigenvalue weighted by Crippen LogP contribution is 2.50. The van der Waals surface area contributed by atoms with Crippen molar-refractivity contribution in [3.8, 4) is 5.75 Å². The number of halogens is 6. The van der Waals surface area contributed by atoms with Crippen LogP contribution < -0.4 is 4.43 Å². The van der Waals surface area contributed by atoms with E-state index >= 15 is 13.2 Å². The lowest BCUT2D eigenvalue weighted by atomic mass is 10.0. The van der Waals surface area contributed by atoms with E-state index in [2.05, 4.69) is 20.8 Å². The van der Waals surface area contributed by atoms with Crippen molar-refractivity contribution in [1.82, 2.24) is 0 Å². The zero-order valence-electron chi connectivity index (χ0n) is 21.3. The Bertz CT molecular complexity index is 1060. The SMILES string of the molecule is CC[Si](CC)(CC)C[Si](Oc1c(F)c(F)c2c(F)c(F)cc(F)c2c1F)(C(C)C)C1CCCCC1. The highest BCUT2D eigenvalue weighted by atomic mass is 28.4. The van der Waals surface area contributed by atoms with E-state index in [0.717, 1.165) is 55.9 Å². The third-order valence-electron chi connectivity index (χ3n) is 8.67. The second-order valence-corrected chi connectivity index (χ2v) is 21.1. The number of benzene rings is 2. The van der Waals surface area contributed by atoms with Crippen LogP contribution in [0.25, 0.3) is 10.8 Å². The van der Waals surface area contributed by atoms with Crippen molar-refractivity contribution in [3.05, 3.63) is 41.0 Å². The standard InChI is InChI=1S/C26H36F6OSi2/c1-6-34(7-2,8-3)15-35(16(4)5,17-12-10-9-11-13-17)33-26-24(31)20-18(27)14-19(28)22(29)21(20)23(30)25(26)32/h14,16-17H,6-13,15H2,1-5H3. The molecule has 1 nitrogen and oxygen atoms in total. The molecule has 1 unspecified atom stereocenters. The van der Waals surface area contributed by atoms with Gasteiger partial charge in [0.25, 0.3) is 8.32 Å². The maximum Gasteiger partial charge on any atom is 0.254 e. The lowest BCUT2D eigenvalue weighted by molar-refractivity contribution is 0.381. The molecule has 0 radical (unpaired) electrons. The van der Waals surface area contributed by atoms with Crippen LogP contribution in [0, 0.1) is 34.9 Å². The first-order valence-corrected chi connectivity index (χ1v) is 17.9. The van der Waals surface area contributed by atoms with Crippen molar-refractivity contribution in [2.75, 3.05) is 0 Å². The van der Waals surface area contributed by atoms with Gasteiger partial charge in [-0.25, -0.2) is 22.0 Å². The van der Waals surface area contributed by atoms with Crippen LogP contribution in [0.1, 0.15) is 66.7 Å². The molecule has 196 valence electrons. The van der Waals surface area contributed by atoms with E-state index in [4.69, 9.17) is 4.43 Å². The van der Waals surface area contributed by atoms with Crippen molar-refractivity contribution in [1.29, 1.82) is 0 Å². The summed E-state index contributed by atoms with van der Waals surface area (Å²) in [6.07, 6.45) is 4.81. The summed E-state index contributed by atoms with van der Waals surface area (Å²) >= 11 is 0. The normalized spacial score (nSPS) is 17.3. The molecule has 1 aliphatic rings. The molecule has 0 heterocycles. The summed E-state index contributed by atoms with van der Waals surface area (Å²) in [5.74, 6) is -11.0. The van der Waals surface area contributed by atoms with Gasteiger partial charge < -0.3 is 4.43 Å². The highest BCUT2D eigenvalue weighted by Gasteiger charge is 2.53. The van der Waals surface area contributed by atoms with Gasteiger partial charge >= 0.3 is 0 Å². The minimum atomic E-state index is -3.00. The van der Waals surface area contributed by atoms with Crippen LogP contribution in [0.15, 0.2) is 6.07 Å². The number of hydrogen-bond acceptors (Lipinski definition) is 1. The van der Waals surface area contributed by atoms with Gasteiger partial charge in [-0.1, -0.05) is 72.0 Å². The third-order valence-corrected chi connectivity index (χ3v) is 22.9. The van der Waals surface area contributed by atoms with Crippen molar-refractivity contribution in [2.24, 2.45) is 0 Å². The van der Waals surface area contributed by atoms with E-state index < -0.39 is 67.8 Å². The van der Waals surface area contributed by atoms with Crippen LogP contribution in [0.3, 0.4) is 0 Å². The summed E-state index contributed by atoms with van der Waals surface area (Å²) < 4.78 is 95.2. The van der Waals surface area contributed by atoms with Gasteiger partial charge in [-0.3, -0.25) is 0 Å². The Morgan fingerprint density at radius 1 is 0.771 bits per heavy atom. The Morgan fingerprint density at radius 3 is 1.86 bits per heavy atom. The van der Waals surface area contributed by atoms with Crippen LogP contribution >= 0.6 is 0 Å². The Kier molecular flexibility index (Phi) is 8.72. The second-order valence-electron chi connectivity index (χ2n) is 10.5. The average molecular weight is 535 g/mol. The maximum atomic E-state index is 15.7.